The first-order valence-electron chi connectivity index (χ1n) is 7.29. The standard InChI is InChI=1S/C19H17NO2S/c1-11-8-12(2)18-15(19(21)22)10-16(20-17(18)9-11)13-4-6-14(23-3)7-5-13/h4-10H,1-3H3,(H,21,22). The monoisotopic (exact) mass is 323 g/mol. The van der Waals surface area contributed by atoms with Crippen LogP contribution in [0.1, 0.15) is 21.5 Å². The quantitative estimate of drug-likeness (QED) is 0.694. The van der Waals surface area contributed by atoms with Crippen LogP contribution >= 0.6 is 11.8 Å². The summed E-state index contributed by atoms with van der Waals surface area (Å²) in [6, 6.07) is 13.6. The third-order valence-electron chi connectivity index (χ3n) is 3.87. The Labute approximate surface area is 139 Å². The summed E-state index contributed by atoms with van der Waals surface area (Å²) in [6.45, 7) is 3.92. The van der Waals surface area contributed by atoms with Crippen LogP contribution in [0, 0.1) is 13.8 Å². The third-order valence-corrected chi connectivity index (χ3v) is 4.61. The summed E-state index contributed by atoms with van der Waals surface area (Å²) in [5.74, 6) is -0.925. The average molecular weight is 323 g/mol. The highest BCUT2D eigenvalue weighted by atomic mass is 32.2. The zero-order valence-electron chi connectivity index (χ0n) is 13.3. The van der Waals surface area contributed by atoms with Crippen molar-refractivity contribution in [3.05, 3.63) is 59.2 Å². The van der Waals surface area contributed by atoms with Crippen molar-refractivity contribution in [2.45, 2.75) is 18.7 Å². The fourth-order valence-electron chi connectivity index (χ4n) is 2.83. The molecule has 116 valence electrons. The zero-order chi connectivity index (χ0) is 16.6. The number of hydrogen-bond acceptors (Lipinski definition) is 3. The Balaban J connectivity index is 2.27. The molecule has 23 heavy (non-hydrogen) atoms. The van der Waals surface area contributed by atoms with Crippen molar-refractivity contribution in [3.63, 3.8) is 0 Å². The SMILES string of the molecule is CSc1ccc(-c2cc(C(=O)O)c3c(C)cc(C)cc3n2)cc1. The number of carbonyl (C=O) groups is 1. The number of benzene rings is 2. The van der Waals surface area contributed by atoms with Gasteiger partial charge in [-0.25, -0.2) is 9.78 Å². The van der Waals surface area contributed by atoms with Gasteiger partial charge in [0.1, 0.15) is 0 Å². The molecule has 0 atom stereocenters. The van der Waals surface area contributed by atoms with Crippen LogP contribution in [0.25, 0.3) is 22.2 Å². The average Bonchev–Trinajstić information content (AvgIpc) is 2.53. The van der Waals surface area contributed by atoms with Gasteiger partial charge in [0, 0.05) is 15.8 Å². The Kier molecular flexibility index (Phi) is 4.09. The van der Waals surface area contributed by atoms with Gasteiger partial charge in [-0.05, 0) is 55.5 Å². The lowest BCUT2D eigenvalue weighted by Crippen LogP contribution is -2.02. The molecule has 0 spiro atoms. The third kappa shape index (κ3) is 2.94. The fraction of sp³-hybridized carbons (Fsp3) is 0.158. The number of aromatic nitrogens is 1. The maximum absolute atomic E-state index is 11.7. The Bertz CT molecular complexity index is 901. The number of hydrogen-bond donors (Lipinski definition) is 1. The molecule has 1 heterocycles. The molecule has 3 nitrogen and oxygen atoms in total. The summed E-state index contributed by atoms with van der Waals surface area (Å²) in [5, 5.41) is 10.3. The second kappa shape index (κ2) is 6.05. The predicted octanol–water partition coefficient (Wildman–Crippen LogP) is 4.94. The number of fused-ring (bicyclic) bond motifs is 1. The summed E-state index contributed by atoms with van der Waals surface area (Å²) in [6.07, 6.45) is 2.03. The summed E-state index contributed by atoms with van der Waals surface area (Å²) in [4.78, 5) is 17.6. The van der Waals surface area contributed by atoms with Crippen molar-refractivity contribution >= 4 is 28.6 Å². The lowest BCUT2D eigenvalue weighted by Gasteiger charge is -2.11. The van der Waals surface area contributed by atoms with Crippen LogP contribution in [0.2, 0.25) is 0 Å². The Morgan fingerprint density at radius 3 is 2.39 bits per heavy atom. The molecule has 0 aliphatic carbocycles. The summed E-state index contributed by atoms with van der Waals surface area (Å²) in [5.41, 5.74) is 4.66. The van der Waals surface area contributed by atoms with Crippen LogP contribution in [0.3, 0.4) is 0 Å². The molecule has 3 rings (SSSR count). The van der Waals surface area contributed by atoms with Crippen molar-refractivity contribution in [3.8, 4) is 11.3 Å². The predicted molar refractivity (Wildman–Crippen MR) is 95.4 cm³/mol. The van der Waals surface area contributed by atoms with Crippen molar-refractivity contribution in [2.24, 2.45) is 0 Å². The first-order chi connectivity index (χ1) is 11.0. The van der Waals surface area contributed by atoms with Gasteiger partial charge in [0.2, 0.25) is 0 Å². The minimum absolute atomic E-state index is 0.302. The molecule has 0 radical (unpaired) electrons. The Morgan fingerprint density at radius 1 is 1.09 bits per heavy atom. The molecule has 4 heteroatoms. The molecule has 1 N–H and O–H groups in total. The van der Waals surface area contributed by atoms with E-state index in [4.69, 9.17) is 4.98 Å². The topological polar surface area (TPSA) is 50.2 Å². The molecular weight excluding hydrogens is 306 g/mol. The van der Waals surface area contributed by atoms with Gasteiger partial charge < -0.3 is 5.11 Å². The van der Waals surface area contributed by atoms with Gasteiger partial charge in [-0.15, -0.1) is 11.8 Å². The molecule has 0 fully saturated rings. The molecule has 0 saturated carbocycles. The number of thioether (sulfide) groups is 1. The van der Waals surface area contributed by atoms with Crippen LogP contribution in [0.4, 0.5) is 0 Å². The molecule has 1 aromatic heterocycles. The van der Waals surface area contributed by atoms with E-state index in [0.29, 0.717) is 16.6 Å². The number of aromatic carboxylic acids is 1. The van der Waals surface area contributed by atoms with Crippen LogP contribution in [-0.4, -0.2) is 22.3 Å². The Hall–Kier alpha value is -2.33. The van der Waals surface area contributed by atoms with E-state index in [0.717, 1.165) is 22.2 Å². The summed E-state index contributed by atoms with van der Waals surface area (Å²) < 4.78 is 0. The van der Waals surface area contributed by atoms with E-state index in [1.807, 2.05) is 56.5 Å². The van der Waals surface area contributed by atoms with Crippen molar-refractivity contribution in [1.82, 2.24) is 4.98 Å². The Morgan fingerprint density at radius 2 is 1.78 bits per heavy atom. The lowest BCUT2D eigenvalue weighted by atomic mass is 9.99. The van der Waals surface area contributed by atoms with E-state index >= 15 is 0 Å². The number of nitrogens with zero attached hydrogens (tertiary/aromatic N) is 1. The highest BCUT2D eigenvalue weighted by molar-refractivity contribution is 7.98. The fourth-order valence-corrected chi connectivity index (χ4v) is 3.24. The summed E-state index contributed by atoms with van der Waals surface area (Å²) >= 11 is 1.67. The van der Waals surface area contributed by atoms with E-state index in [1.54, 1.807) is 17.8 Å². The van der Waals surface area contributed by atoms with E-state index in [2.05, 4.69) is 0 Å². The normalized spacial score (nSPS) is 10.9. The van der Waals surface area contributed by atoms with Gasteiger partial charge in [0.05, 0.1) is 16.8 Å². The molecular formula is C19H17NO2S. The second-order valence-corrected chi connectivity index (χ2v) is 6.44. The highest BCUT2D eigenvalue weighted by Gasteiger charge is 2.15. The maximum Gasteiger partial charge on any atom is 0.336 e. The minimum atomic E-state index is -0.925. The molecule has 3 aromatic rings. The van der Waals surface area contributed by atoms with Gasteiger partial charge in [-0.3, -0.25) is 0 Å². The van der Waals surface area contributed by atoms with Gasteiger partial charge >= 0.3 is 5.97 Å². The smallest absolute Gasteiger partial charge is 0.336 e. The molecule has 0 saturated heterocycles. The van der Waals surface area contributed by atoms with Crippen molar-refractivity contribution in [2.75, 3.05) is 6.26 Å². The zero-order valence-corrected chi connectivity index (χ0v) is 14.1. The lowest BCUT2D eigenvalue weighted by molar-refractivity contribution is 0.0699. The maximum atomic E-state index is 11.7. The number of carboxylic acid groups (broad SMARTS) is 1. The molecule has 0 aliphatic rings. The molecule has 0 aliphatic heterocycles. The van der Waals surface area contributed by atoms with Gasteiger partial charge in [-0.1, -0.05) is 18.2 Å². The van der Waals surface area contributed by atoms with E-state index in [9.17, 15) is 9.90 Å². The first-order valence-corrected chi connectivity index (χ1v) is 8.52. The first kappa shape index (κ1) is 15.6. The van der Waals surface area contributed by atoms with E-state index < -0.39 is 5.97 Å². The number of rotatable bonds is 3. The van der Waals surface area contributed by atoms with Crippen molar-refractivity contribution < 1.29 is 9.90 Å². The van der Waals surface area contributed by atoms with Crippen LogP contribution in [0.5, 0.6) is 0 Å². The number of carboxylic acids is 1. The second-order valence-electron chi connectivity index (χ2n) is 5.56. The van der Waals surface area contributed by atoms with Crippen LogP contribution in [-0.2, 0) is 0 Å². The largest absolute Gasteiger partial charge is 0.478 e. The highest BCUT2D eigenvalue weighted by Crippen LogP contribution is 2.29. The van der Waals surface area contributed by atoms with Crippen molar-refractivity contribution in [1.29, 1.82) is 0 Å². The van der Waals surface area contributed by atoms with E-state index in [-0.39, 0.29) is 0 Å². The van der Waals surface area contributed by atoms with Crippen LogP contribution < -0.4 is 0 Å². The molecule has 0 amide bonds. The van der Waals surface area contributed by atoms with Crippen LogP contribution in [0.15, 0.2) is 47.4 Å². The van der Waals surface area contributed by atoms with E-state index in [1.165, 1.54) is 4.90 Å². The number of aryl methyl sites for hydroxylation is 2. The molecule has 0 unspecified atom stereocenters. The van der Waals surface area contributed by atoms with Gasteiger partial charge in [-0.2, -0.15) is 0 Å². The molecule has 0 bridgehead atoms. The molecule has 2 aromatic carbocycles. The number of pyridine rings is 1. The van der Waals surface area contributed by atoms with Gasteiger partial charge in [0.25, 0.3) is 0 Å². The van der Waals surface area contributed by atoms with Gasteiger partial charge in [0.15, 0.2) is 0 Å². The summed E-state index contributed by atoms with van der Waals surface area (Å²) in [7, 11) is 0. The minimum Gasteiger partial charge on any atom is -0.478 e.